The first kappa shape index (κ1) is 24.4. The molecule has 1 aliphatic heterocycles. The molecule has 34 heavy (non-hydrogen) atoms. The van der Waals surface area contributed by atoms with Crippen LogP contribution in [0, 0.1) is 6.92 Å². The molecular weight excluding hydrogens is 466 g/mol. The van der Waals surface area contributed by atoms with Gasteiger partial charge >= 0.3 is 0 Å². The van der Waals surface area contributed by atoms with Crippen LogP contribution in [-0.2, 0) is 17.1 Å². The Morgan fingerprint density at radius 1 is 1.06 bits per heavy atom. The van der Waals surface area contributed by atoms with E-state index in [0.29, 0.717) is 16.5 Å². The molecule has 178 valence electrons. The van der Waals surface area contributed by atoms with Crippen LogP contribution in [0.2, 0.25) is 0 Å². The van der Waals surface area contributed by atoms with Crippen molar-refractivity contribution in [3.63, 3.8) is 0 Å². The SMILES string of the molecule is Cc1ccc(NC(=O)c2nnc(CSCC(=O)NC3CCN(Cc4ccccc4)CC3)s2)cc1. The lowest BCUT2D eigenvalue weighted by molar-refractivity contribution is -0.119. The number of aryl methyl sites for hydroxylation is 1. The predicted octanol–water partition coefficient (Wildman–Crippen LogP) is 4.11. The lowest BCUT2D eigenvalue weighted by atomic mass is 10.0. The number of nitrogens with one attached hydrogen (secondary N) is 2. The Morgan fingerprint density at radius 2 is 1.79 bits per heavy atom. The maximum atomic E-state index is 12.4. The van der Waals surface area contributed by atoms with Crippen molar-refractivity contribution in [1.82, 2.24) is 20.4 Å². The van der Waals surface area contributed by atoms with E-state index in [1.807, 2.05) is 37.3 Å². The number of hydrogen-bond donors (Lipinski definition) is 2. The summed E-state index contributed by atoms with van der Waals surface area (Å²) >= 11 is 2.75. The molecule has 9 heteroatoms. The van der Waals surface area contributed by atoms with Crippen molar-refractivity contribution in [3.8, 4) is 0 Å². The van der Waals surface area contributed by atoms with Crippen LogP contribution in [0.1, 0.15) is 38.8 Å². The molecule has 7 nitrogen and oxygen atoms in total. The number of thioether (sulfide) groups is 1. The average molecular weight is 496 g/mol. The Kier molecular flexibility index (Phi) is 8.67. The third kappa shape index (κ3) is 7.38. The standard InChI is InChI=1S/C25H29N5O2S2/c1-18-7-9-20(10-8-18)27-24(32)25-29-28-23(34-25)17-33-16-22(31)26-21-11-13-30(14-12-21)15-19-5-3-2-4-6-19/h2-10,21H,11-17H2,1H3,(H,26,31)(H,27,32). The Hall–Kier alpha value is -2.75. The van der Waals surface area contributed by atoms with E-state index in [0.717, 1.165) is 48.7 Å². The van der Waals surface area contributed by atoms with Crippen LogP contribution in [0.15, 0.2) is 54.6 Å². The molecule has 1 aliphatic rings. The second kappa shape index (κ2) is 12.1. The van der Waals surface area contributed by atoms with Gasteiger partial charge in [0.2, 0.25) is 10.9 Å². The molecule has 3 aromatic rings. The highest BCUT2D eigenvalue weighted by atomic mass is 32.2. The van der Waals surface area contributed by atoms with E-state index in [9.17, 15) is 9.59 Å². The summed E-state index contributed by atoms with van der Waals surface area (Å²) in [5.74, 6) is 0.704. The van der Waals surface area contributed by atoms with E-state index in [2.05, 4.69) is 50.0 Å². The maximum absolute atomic E-state index is 12.4. The Balaban J connectivity index is 1.13. The van der Waals surface area contributed by atoms with E-state index >= 15 is 0 Å². The van der Waals surface area contributed by atoms with Crippen molar-refractivity contribution in [1.29, 1.82) is 0 Å². The Bertz CT molecular complexity index is 1080. The van der Waals surface area contributed by atoms with E-state index < -0.39 is 0 Å². The van der Waals surface area contributed by atoms with Gasteiger partial charge in [0, 0.05) is 37.1 Å². The van der Waals surface area contributed by atoms with Gasteiger partial charge in [-0.15, -0.1) is 22.0 Å². The van der Waals surface area contributed by atoms with Gasteiger partial charge in [0.05, 0.1) is 5.75 Å². The first-order chi connectivity index (χ1) is 16.5. The fourth-order valence-electron chi connectivity index (χ4n) is 3.80. The van der Waals surface area contributed by atoms with E-state index in [4.69, 9.17) is 0 Å². The van der Waals surface area contributed by atoms with Crippen LogP contribution < -0.4 is 10.6 Å². The Morgan fingerprint density at radius 3 is 2.53 bits per heavy atom. The van der Waals surface area contributed by atoms with Crippen molar-refractivity contribution in [2.75, 3.05) is 24.2 Å². The lowest BCUT2D eigenvalue weighted by Gasteiger charge is -2.32. The number of rotatable bonds is 9. The number of piperidine rings is 1. The van der Waals surface area contributed by atoms with E-state index in [1.54, 1.807) is 0 Å². The second-order valence-electron chi connectivity index (χ2n) is 8.42. The molecule has 4 rings (SSSR count). The molecule has 0 radical (unpaired) electrons. The van der Waals surface area contributed by atoms with Crippen LogP contribution in [-0.4, -0.2) is 51.8 Å². The Labute approximate surface area is 208 Å². The topological polar surface area (TPSA) is 87.2 Å². The van der Waals surface area contributed by atoms with Crippen LogP contribution in [0.3, 0.4) is 0 Å². The van der Waals surface area contributed by atoms with Crippen molar-refractivity contribution >= 4 is 40.6 Å². The first-order valence-electron chi connectivity index (χ1n) is 11.4. The van der Waals surface area contributed by atoms with Gasteiger partial charge in [0.1, 0.15) is 5.01 Å². The minimum Gasteiger partial charge on any atom is -0.353 e. The molecule has 0 spiro atoms. The predicted molar refractivity (Wildman–Crippen MR) is 138 cm³/mol. The van der Waals surface area contributed by atoms with Crippen LogP contribution in [0.5, 0.6) is 0 Å². The summed E-state index contributed by atoms with van der Waals surface area (Å²) in [5.41, 5.74) is 3.18. The summed E-state index contributed by atoms with van der Waals surface area (Å²) in [4.78, 5) is 27.2. The molecule has 0 bridgehead atoms. The molecule has 0 saturated carbocycles. The van der Waals surface area contributed by atoms with Gasteiger partial charge in [-0.3, -0.25) is 14.5 Å². The number of hydrogen-bond acceptors (Lipinski definition) is 7. The summed E-state index contributed by atoms with van der Waals surface area (Å²) in [5, 5.41) is 15.1. The van der Waals surface area contributed by atoms with Gasteiger partial charge in [0.25, 0.3) is 5.91 Å². The number of likely N-dealkylation sites (tertiary alicyclic amines) is 1. The van der Waals surface area contributed by atoms with Gasteiger partial charge in [-0.25, -0.2) is 0 Å². The van der Waals surface area contributed by atoms with Gasteiger partial charge < -0.3 is 10.6 Å². The first-order valence-corrected chi connectivity index (χ1v) is 13.4. The van der Waals surface area contributed by atoms with Gasteiger partial charge in [0.15, 0.2) is 0 Å². The highest BCUT2D eigenvalue weighted by Gasteiger charge is 2.21. The fourth-order valence-corrected chi connectivity index (χ4v) is 5.42. The summed E-state index contributed by atoms with van der Waals surface area (Å²) in [6.07, 6.45) is 1.94. The van der Waals surface area contributed by atoms with Gasteiger partial charge in [-0.2, -0.15) is 0 Å². The highest BCUT2D eigenvalue weighted by Crippen LogP contribution is 2.19. The number of carbonyl (C=O) groups excluding carboxylic acids is 2. The van der Waals surface area contributed by atoms with Crippen LogP contribution in [0.25, 0.3) is 0 Å². The van der Waals surface area contributed by atoms with Crippen LogP contribution >= 0.6 is 23.1 Å². The summed E-state index contributed by atoms with van der Waals surface area (Å²) in [7, 11) is 0. The largest absolute Gasteiger partial charge is 0.353 e. The number of aromatic nitrogens is 2. The van der Waals surface area contributed by atoms with E-state index in [1.165, 1.54) is 28.7 Å². The number of carbonyl (C=O) groups is 2. The monoisotopic (exact) mass is 495 g/mol. The third-order valence-electron chi connectivity index (χ3n) is 5.63. The van der Waals surface area contributed by atoms with Crippen molar-refractivity contribution < 1.29 is 9.59 Å². The molecule has 1 aromatic heterocycles. The maximum Gasteiger partial charge on any atom is 0.286 e. The summed E-state index contributed by atoms with van der Waals surface area (Å²) in [6.45, 7) is 4.94. The summed E-state index contributed by atoms with van der Waals surface area (Å²) in [6, 6.07) is 18.3. The molecule has 0 unspecified atom stereocenters. The average Bonchev–Trinajstić information content (AvgIpc) is 3.32. The number of benzene rings is 2. The molecule has 2 N–H and O–H groups in total. The lowest BCUT2D eigenvalue weighted by Crippen LogP contribution is -2.44. The molecule has 1 saturated heterocycles. The van der Waals surface area contributed by atoms with E-state index in [-0.39, 0.29) is 17.9 Å². The quantitative estimate of drug-likeness (QED) is 0.465. The molecule has 2 heterocycles. The third-order valence-corrected chi connectivity index (χ3v) is 7.68. The zero-order valence-corrected chi connectivity index (χ0v) is 20.8. The summed E-state index contributed by atoms with van der Waals surface area (Å²) < 4.78 is 0. The van der Waals surface area contributed by atoms with Crippen molar-refractivity contribution in [2.24, 2.45) is 0 Å². The molecular formula is C25H29N5O2S2. The molecule has 2 aromatic carbocycles. The fraction of sp³-hybridized carbons (Fsp3) is 0.360. The zero-order chi connectivity index (χ0) is 23.8. The normalized spacial score (nSPS) is 14.6. The zero-order valence-electron chi connectivity index (χ0n) is 19.2. The van der Waals surface area contributed by atoms with Gasteiger partial charge in [-0.1, -0.05) is 59.4 Å². The molecule has 2 amide bonds. The second-order valence-corrected chi connectivity index (χ2v) is 10.5. The van der Waals surface area contributed by atoms with Crippen molar-refractivity contribution in [2.45, 2.75) is 38.1 Å². The number of anilines is 1. The number of amides is 2. The van der Waals surface area contributed by atoms with Gasteiger partial charge in [-0.05, 0) is 37.5 Å². The minimum atomic E-state index is -0.269. The van der Waals surface area contributed by atoms with Crippen molar-refractivity contribution in [3.05, 3.63) is 75.7 Å². The number of nitrogens with zero attached hydrogens (tertiary/aromatic N) is 3. The molecule has 0 atom stereocenters. The van der Waals surface area contributed by atoms with Crippen LogP contribution in [0.4, 0.5) is 5.69 Å². The minimum absolute atomic E-state index is 0.0494. The smallest absolute Gasteiger partial charge is 0.286 e. The molecule has 0 aliphatic carbocycles. The highest BCUT2D eigenvalue weighted by molar-refractivity contribution is 7.99. The molecule has 1 fully saturated rings.